The number of hydrogen-bond donors (Lipinski definition) is 0. The molecule has 3 rings (SSSR count). The van der Waals surface area contributed by atoms with Crippen molar-refractivity contribution >= 4 is 5.91 Å². The fraction of sp³-hybridized carbons (Fsp3) is 0.950. The molecule has 24 heavy (non-hydrogen) atoms. The molecular weight excluding hydrogens is 300 g/mol. The van der Waals surface area contributed by atoms with E-state index in [0.29, 0.717) is 23.8 Å². The summed E-state index contributed by atoms with van der Waals surface area (Å²) in [5.74, 6) is 1.46. The zero-order valence-corrected chi connectivity index (χ0v) is 15.7. The van der Waals surface area contributed by atoms with E-state index in [4.69, 9.17) is 4.74 Å². The molecule has 3 fully saturated rings. The van der Waals surface area contributed by atoms with E-state index < -0.39 is 0 Å². The Balaban J connectivity index is 1.46. The number of rotatable bonds is 4. The van der Waals surface area contributed by atoms with Gasteiger partial charge in [-0.05, 0) is 43.9 Å². The van der Waals surface area contributed by atoms with Crippen molar-refractivity contribution in [3.8, 4) is 0 Å². The molecule has 1 aliphatic carbocycles. The van der Waals surface area contributed by atoms with E-state index in [-0.39, 0.29) is 0 Å². The first-order valence-electron chi connectivity index (χ1n) is 10.3. The third-order valence-corrected chi connectivity index (χ3v) is 6.35. The first-order valence-corrected chi connectivity index (χ1v) is 10.3. The van der Waals surface area contributed by atoms with E-state index in [1.165, 1.54) is 32.2 Å². The van der Waals surface area contributed by atoms with Crippen molar-refractivity contribution < 1.29 is 9.53 Å². The molecule has 2 aliphatic heterocycles. The Morgan fingerprint density at radius 2 is 1.83 bits per heavy atom. The SMILES string of the molecule is CC(C)[C@@H]1C[C@H](CC(=O)N2CCCN(C3CCCC3)CC2)CCO1. The molecule has 0 unspecified atom stereocenters. The third kappa shape index (κ3) is 4.72. The minimum absolute atomic E-state index is 0.346. The van der Waals surface area contributed by atoms with Crippen LogP contribution in [0, 0.1) is 11.8 Å². The molecule has 0 N–H and O–H groups in total. The lowest BCUT2D eigenvalue weighted by molar-refractivity contribution is -0.133. The normalized spacial score (nSPS) is 30.7. The van der Waals surface area contributed by atoms with Gasteiger partial charge >= 0.3 is 0 Å². The van der Waals surface area contributed by atoms with E-state index in [0.717, 1.165) is 58.0 Å². The van der Waals surface area contributed by atoms with Gasteiger partial charge in [-0.1, -0.05) is 26.7 Å². The fourth-order valence-corrected chi connectivity index (χ4v) is 4.75. The molecule has 0 bridgehead atoms. The Kier molecular flexibility index (Phi) is 6.56. The van der Waals surface area contributed by atoms with Gasteiger partial charge in [-0.15, -0.1) is 0 Å². The summed E-state index contributed by atoms with van der Waals surface area (Å²) in [4.78, 5) is 17.6. The summed E-state index contributed by atoms with van der Waals surface area (Å²) in [7, 11) is 0. The summed E-state index contributed by atoms with van der Waals surface area (Å²) in [5, 5.41) is 0. The van der Waals surface area contributed by atoms with Crippen LogP contribution in [0.15, 0.2) is 0 Å². The maximum absolute atomic E-state index is 12.8. The van der Waals surface area contributed by atoms with Crippen molar-refractivity contribution in [1.82, 2.24) is 9.80 Å². The number of amides is 1. The molecule has 0 aromatic rings. The molecule has 0 aromatic heterocycles. The van der Waals surface area contributed by atoms with Gasteiger partial charge in [0.05, 0.1) is 6.10 Å². The highest BCUT2D eigenvalue weighted by Gasteiger charge is 2.30. The average Bonchev–Trinajstić information content (AvgIpc) is 2.99. The van der Waals surface area contributed by atoms with E-state index in [1.54, 1.807) is 0 Å². The first-order chi connectivity index (χ1) is 11.6. The van der Waals surface area contributed by atoms with Crippen LogP contribution >= 0.6 is 0 Å². The van der Waals surface area contributed by atoms with E-state index in [9.17, 15) is 4.79 Å². The summed E-state index contributed by atoms with van der Waals surface area (Å²) in [5.41, 5.74) is 0. The summed E-state index contributed by atoms with van der Waals surface area (Å²) < 4.78 is 5.86. The van der Waals surface area contributed by atoms with Gasteiger partial charge in [0.15, 0.2) is 0 Å². The molecule has 4 heteroatoms. The molecule has 3 aliphatic rings. The number of carbonyl (C=O) groups excluding carboxylic acids is 1. The average molecular weight is 337 g/mol. The first kappa shape index (κ1) is 18.2. The van der Waals surface area contributed by atoms with E-state index in [1.807, 2.05) is 0 Å². The van der Waals surface area contributed by atoms with Gasteiger partial charge < -0.3 is 9.64 Å². The van der Waals surface area contributed by atoms with Crippen LogP contribution < -0.4 is 0 Å². The van der Waals surface area contributed by atoms with Crippen LogP contribution in [0.1, 0.15) is 65.2 Å². The minimum atomic E-state index is 0.346. The van der Waals surface area contributed by atoms with Gasteiger partial charge in [-0.25, -0.2) is 0 Å². The number of nitrogens with zero attached hydrogens (tertiary/aromatic N) is 2. The van der Waals surface area contributed by atoms with Gasteiger partial charge in [0.1, 0.15) is 0 Å². The molecule has 2 heterocycles. The van der Waals surface area contributed by atoms with Crippen LogP contribution in [0.25, 0.3) is 0 Å². The predicted molar refractivity (Wildman–Crippen MR) is 96.9 cm³/mol. The van der Waals surface area contributed by atoms with Crippen LogP contribution in [0.3, 0.4) is 0 Å². The summed E-state index contributed by atoms with van der Waals surface area (Å²) in [6.45, 7) is 9.43. The predicted octanol–water partition coefficient (Wildman–Crippen LogP) is 3.30. The molecule has 4 nitrogen and oxygen atoms in total. The van der Waals surface area contributed by atoms with Gasteiger partial charge in [0.2, 0.25) is 5.91 Å². The fourth-order valence-electron chi connectivity index (χ4n) is 4.75. The smallest absolute Gasteiger partial charge is 0.222 e. The zero-order valence-electron chi connectivity index (χ0n) is 15.7. The number of carbonyl (C=O) groups is 1. The standard InChI is InChI=1S/C20H36N2O2/c1-16(2)19-14-17(8-13-24-19)15-20(23)22-10-5-9-21(11-12-22)18-6-3-4-7-18/h16-19H,3-15H2,1-2H3/t17-,19+/m1/s1. The van der Waals surface area contributed by atoms with E-state index >= 15 is 0 Å². The number of hydrogen-bond acceptors (Lipinski definition) is 3. The van der Waals surface area contributed by atoms with E-state index in [2.05, 4.69) is 23.6 Å². The Hall–Kier alpha value is -0.610. The van der Waals surface area contributed by atoms with Gasteiger partial charge in [-0.2, -0.15) is 0 Å². The minimum Gasteiger partial charge on any atom is -0.378 e. The second-order valence-corrected chi connectivity index (χ2v) is 8.46. The van der Waals surface area contributed by atoms with Crippen molar-refractivity contribution in [2.45, 2.75) is 77.4 Å². The summed E-state index contributed by atoms with van der Waals surface area (Å²) >= 11 is 0. The highest BCUT2D eigenvalue weighted by Crippen LogP contribution is 2.28. The Morgan fingerprint density at radius 1 is 1.04 bits per heavy atom. The lowest BCUT2D eigenvalue weighted by Crippen LogP contribution is -2.39. The quantitative estimate of drug-likeness (QED) is 0.790. The summed E-state index contributed by atoms with van der Waals surface area (Å²) in [6, 6.07) is 0.794. The maximum atomic E-state index is 12.8. The molecule has 0 spiro atoms. The van der Waals surface area contributed by atoms with Gasteiger partial charge in [0.25, 0.3) is 0 Å². The second-order valence-electron chi connectivity index (χ2n) is 8.46. The second kappa shape index (κ2) is 8.66. The number of ether oxygens (including phenoxy) is 1. The third-order valence-electron chi connectivity index (χ3n) is 6.35. The molecule has 1 amide bonds. The van der Waals surface area contributed by atoms with Gasteiger partial charge in [0, 0.05) is 45.2 Å². The largest absolute Gasteiger partial charge is 0.378 e. The Morgan fingerprint density at radius 3 is 2.58 bits per heavy atom. The van der Waals surface area contributed by atoms with Crippen molar-refractivity contribution in [1.29, 1.82) is 0 Å². The van der Waals surface area contributed by atoms with Crippen LogP contribution in [-0.2, 0) is 9.53 Å². The molecule has 1 saturated carbocycles. The Labute approximate surface area is 147 Å². The van der Waals surface area contributed by atoms with Crippen molar-refractivity contribution in [3.05, 3.63) is 0 Å². The lowest BCUT2D eigenvalue weighted by atomic mass is 9.88. The molecule has 0 radical (unpaired) electrons. The van der Waals surface area contributed by atoms with Crippen molar-refractivity contribution in [2.24, 2.45) is 11.8 Å². The van der Waals surface area contributed by atoms with Crippen LogP contribution in [0.4, 0.5) is 0 Å². The zero-order chi connectivity index (χ0) is 16.9. The maximum Gasteiger partial charge on any atom is 0.222 e. The Bertz CT molecular complexity index is 406. The molecule has 0 aromatic carbocycles. The highest BCUT2D eigenvalue weighted by molar-refractivity contribution is 5.76. The van der Waals surface area contributed by atoms with Crippen molar-refractivity contribution in [2.75, 3.05) is 32.8 Å². The molecule has 138 valence electrons. The topological polar surface area (TPSA) is 32.8 Å². The monoisotopic (exact) mass is 336 g/mol. The van der Waals surface area contributed by atoms with Crippen molar-refractivity contribution in [3.63, 3.8) is 0 Å². The van der Waals surface area contributed by atoms with Gasteiger partial charge in [-0.3, -0.25) is 9.69 Å². The molecular formula is C20H36N2O2. The lowest BCUT2D eigenvalue weighted by Gasteiger charge is -2.33. The molecule has 2 atom stereocenters. The van der Waals surface area contributed by atoms with Crippen LogP contribution in [-0.4, -0.2) is 60.6 Å². The van der Waals surface area contributed by atoms with Crippen LogP contribution in [0.2, 0.25) is 0 Å². The van der Waals surface area contributed by atoms with Crippen LogP contribution in [0.5, 0.6) is 0 Å². The molecule has 2 saturated heterocycles. The summed E-state index contributed by atoms with van der Waals surface area (Å²) in [6.07, 6.45) is 9.86. The highest BCUT2D eigenvalue weighted by atomic mass is 16.5.